The summed E-state index contributed by atoms with van der Waals surface area (Å²) in [7, 11) is 0. The maximum Gasteiger partial charge on any atom is 0.154 e. The first kappa shape index (κ1) is 12.9. The molecular weight excluding hydrogens is 259 g/mol. The van der Waals surface area contributed by atoms with Gasteiger partial charge in [0.05, 0.1) is 18.3 Å². The molecule has 1 atom stereocenters. The van der Waals surface area contributed by atoms with E-state index >= 15 is 0 Å². The van der Waals surface area contributed by atoms with Crippen molar-refractivity contribution in [3.63, 3.8) is 0 Å². The van der Waals surface area contributed by atoms with Gasteiger partial charge in [-0.25, -0.2) is 4.98 Å². The van der Waals surface area contributed by atoms with Gasteiger partial charge in [0.25, 0.3) is 0 Å². The smallest absolute Gasteiger partial charge is 0.154 e. The number of halogens is 2. The summed E-state index contributed by atoms with van der Waals surface area (Å²) in [4.78, 5) is 6.16. The molecule has 1 fully saturated rings. The molecule has 0 aliphatic heterocycles. The Bertz CT molecular complexity index is 396. The molecule has 0 radical (unpaired) electrons. The maximum atomic E-state index is 9.51. The third kappa shape index (κ3) is 2.84. The highest BCUT2D eigenvalue weighted by molar-refractivity contribution is 6.34. The van der Waals surface area contributed by atoms with Crippen molar-refractivity contribution in [1.82, 2.24) is 4.98 Å². The second-order valence-corrected chi connectivity index (χ2v) is 5.06. The van der Waals surface area contributed by atoms with E-state index in [1.807, 2.05) is 6.07 Å². The Balaban J connectivity index is 2.26. The minimum Gasteiger partial charge on any atom is -0.394 e. The zero-order chi connectivity index (χ0) is 12.4. The second-order valence-electron chi connectivity index (χ2n) is 4.32. The predicted molar refractivity (Wildman–Crippen MR) is 70.9 cm³/mol. The molecule has 2 rings (SSSR count). The van der Waals surface area contributed by atoms with Crippen molar-refractivity contribution >= 4 is 28.9 Å². The highest BCUT2D eigenvalue weighted by Crippen LogP contribution is 2.38. The molecule has 3 nitrogen and oxygen atoms in total. The van der Waals surface area contributed by atoms with Gasteiger partial charge in [0.2, 0.25) is 0 Å². The van der Waals surface area contributed by atoms with Gasteiger partial charge in [-0.1, -0.05) is 23.2 Å². The molecule has 1 heterocycles. The lowest BCUT2D eigenvalue weighted by Gasteiger charge is -2.32. The van der Waals surface area contributed by atoms with Crippen LogP contribution in [-0.2, 0) is 0 Å². The van der Waals surface area contributed by atoms with E-state index in [-0.39, 0.29) is 12.6 Å². The van der Waals surface area contributed by atoms with Crippen LogP contribution in [0.1, 0.15) is 19.8 Å². The lowest BCUT2D eigenvalue weighted by atomic mass is 10.1. The average Bonchev–Trinajstić information content (AvgIpc) is 3.11. The first-order chi connectivity index (χ1) is 8.17. The first-order valence-electron chi connectivity index (χ1n) is 5.87. The number of aliphatic hydroxyl groups is 1. The monoisotopic (exact) mass is 274 g/mol. The number of pyridine rings is 1. The Morgan fingerprint density at radius 2 is 2.18 bits per heavy atom. The Kier molecular flexibility index (Phi) is 4.13. The minimum atomic E-state index is 0.139. The van der Waals surface area contributed by atoms with Crippen molar-refractivity contribution in [1.29, 1.82) is 0 Å². The van der Waals surface area contributed by atoms with E-state index in [9.17, 15) is 5.11 Å². The average molecular weight is 275 g/mol. The Morgan fingerprint density at radius 1 is 1.47 bits per heavy atom. The van der Waals surface area contributed by atoms with Crippen molar-refractivity contribution in [2.45, 2.75) is 25.8 Å². The van der Waals surface area contributed by atoms with Crippen molar-refractivity contribution in [2.75, 3.05) is 18.1 Å². The molecule has 1 N–H and O–H groups in total. The summed E-state index contributed by atoms with van der Waals surface area (Å²) >= 11 is 11.9. The maximum absolute atomic E-state index is 9.51. The van der Waals surface area contributed by atoms with Gasteiger partial charge in [0.15, 0.2) is 5.15 Å². The quantitative estimate of drug-likeness (QED) is 0.839. The zero-order valence-electron chi connectivity index (χ0n) is 9.74. The van der Waals surface area contributed by atoms with Crippen LogP contribution in [0, 0.1) is 5.92 Å². The Labute approximate surface area is 111 Å². The number of rotatable bonds is 5. The fourth-order valence-corrected chi connectivity index (χ4v) is 2.64. The second kappa shape index (κ2) is 5.42. The van der Waals surface area contributed by atoms with Gasteiger partial charge in [-0.05, 0) is 37.8 Å². The largest absolute Gasteiger partial charge is 0.394 e. The molecule has 1 aromatic rings. The van der Waals surface area contributed by atoms with Gasteiger partial charge in [0.1, 0.15) is 5.15 Å². The van der Waals surface area contributed by atoms with Gasteiger partial charge in [0, 0.05) is 6.54 Å². The Hall–Kier alpha value is -0.510. The van der Waals surface area contributed by atoms with Crippen LogP contribution in [0.3, 0.4) is 0 Å². The van der Waals surface area contributed by atoms with Crippen molar-refractivity contribution in [2.24, 2.45) is 5.92 Å². The van der Waals surface area contributed by atoms with Crippen LogP contribution in [0.2, 0.25) is 10.3 Å². The number of aromatic nitrogens is 1. The molecule has 0 spiro atoms. The molecule has 1 unspecified atom stereocenters. The normalized spacial score (nSPS) is 16.9. The number of anilines is 1. The van der Waals surface area contributed by atoms with Gasteiger partial charge in [-0.3, -0.25) is 0 Å². The molecule has 0 amide bonds. The topological polar surface area (TPSA) is 36.4 Å². The number of aliphatic hydroxyl groups excluding tert-OH is 1. The summed E-state index contributed by atoms with van der Waals surface area (Å²) in [6, 6.07) is 3.74. The van der Waals surface area contributed by atoms with E-state index in [1.165, 1.54) is 12.8 Å². The van der Waals surface area contributed by atoms with Gasteiger partial charge >= 0.3 is 0 Å². The van der Waals surface area contributed by atoms with Crippen LogP contribution < -0.4 is 4.90 Å². The van der Waals surface area contributed by atoms with Crippen LogP contribution >= 0.6 is 23.2 Å². The molecule has 0 aromatic carbocycles. The highest BCUT2D eigenvalue weighted by atomic mass is 35.5. The molecule has 1 aliphatic rings. The molecule has 0 saturated heterocycles. The van der Waals surface area contributed by atoms with E-state index in [0.717, 1.165) is 12.2 Å². The van der Waals surface area contributed by atoms with E-state index < -0.39 is 0 Å². The molecule has 0 bridgehead atoms. The lowest BCUT2D eigenvalue weighted by molar-refractivity contribution is 0.247. The van der Waals surface area contributed by atoms with Gasteiger partial charge in [-0.15, -0.1) is 0 Å². The molecular formula is C12H16Cl2N2O. The molecule has 17 heavy (non-hydrogen) atoms. The Morgan fingerprint density at radius 3 is 2.65 bits per heavy atom. The standard InChI is InChI=1S/C12H16Cl2N2O/c1-2-16(10(7-17)8-3-4-8)9-5-6-11(13)15-12(9)14/h5-6,8,10,17H,2-4,7H2,1H3. The van der Waals surface area contributed by atoms with Crippen LogP contribution in [0.15, 0.2) is 12.1 Å². The van der Waals surface area contributed by atoms with E-state index in [2.05, 4.69) is 16.8 Å². The fraction of sp³-hybridized carbons (Fsp3) is 0.583. The van der Waals surface area contributed by atoms with E-state index in [1.54, 1.807) is 6.07 Å². The third-order valence-electron chi connectivity index (χ3n) is 3.20. The predicted octanol–water partition coefficient (Wildman–Crippen LogP) is 2.99. The van der Waals surface area contributed by atoms with Crippen LogP contribution in [0.4, 0.5) is 5.69 Å². The lowest BCUT2D eigenvalue weighted by Crippen LogP contribution is -2.40. The first-order valence-corrected chi connectivity index (χ1v) is 6.62. The highest BCUT2D eigenvalue weighted by Gasteiger charge is 2.35. The summed E-state index contributed by atoms with van der Waals surface area (Å²) in [5.74, 6) is 0.576. The summed E-state index contributed by atoms with van der Waals surface area (Å²) in [5, 5.41) is 10.3. The SMILES string of the molecule is CCN(c1ccc(Cl)nc1Cl)C(CO)C1CC1. The number of likely N-dealkylation sites (N-methyl/N-ethyl adjacent to an activating group) is 1. The minimum absolute atomic E-state index is 0.139. The summed E-state index contributed by atoms with van der Waals surface area (Å²) in [6.45, 7) is 3.00. The number of nitrogens with zero attached hydrogens (tertiary/aromatic N) is 2. The number of hydrogen-bond acceptors (Lipinski definition) is 3. The molecule has 94 valence electrons. The van der Waals surface area contributed by atoms with Crippen LogP contribution in [-0.4, -0.2) is 29.3 Å². The van der Waals surface area contributed by atoms with Crippen molar-refractivity contribution < 1.29 is 5.11 Å². The molecule has 5 heteroatoms. The molecule has 1 saturated carbocycles. The van der Waals surface area contributed by atoms with Crippen molar-refractivity contribution in [3.8, 4) is 0 Å². The van der Waals surface area contributed by atoms with Crippen molar-refractivity contribution in [3.05, 3.63) is 22.4 Å². The number of hydrogen-bond donors (Lipinski definition) is 1. The van der Waals surface area contributed by atoms with Gasteiger partial charge in [-0.2, -0.15) is 0 Å². The molecule has 1 aromatic heterocycles. The van der Waals surface area contributed by atoms with Gasteiger partial charge < -0.3 is 10.0 Å². The summed E-state index contributed by atoms with van der Waals surface area (Å²) < 4.78 is 0. The van der Waals surface area contributed by atoms with Crippen LogP contribution in [0.25, 0.3) is 0 Å². The summed E-state index contributed by atoms with van der Waals surface area (Å²) in [5.41, 5.74) is 0.851. The molecule has 1 aliphatic carbocycles. The van der Waals surface area contributed by atoms with E-state index in [4.69, 9.17) is 23.2 Å². The van der Waals surface area contributed by atoms with Crippen LogP contribution in [0.5, 0.6) is 0 Å². The third-order valence-corrected chi connectivity index (χ3v) is 3.69. The van der Waals surface area contributed by atoms with E-state index in [0.29, 0.717) is 16.2 Å². The summed E-state index contributed by atoms with van der Waals surface area (Å²) in [6.07, 6.45) is 2.36. The fourth-order valence-electron chi connectivity index (χ4n) is 2.19. The zero-order valence-corrected chi connectivity index (χ0v) is 11.2.